The Labute approximate surface area is 130 Å². The molecular weight excluding hydrogens is 307 g/mol. The summed E-state index contributed by atoms with van der Waals surface area (Å²) in [6, 6.07) is 9.47. The molecule has 0 aliphatic heterocycles. The van der Waals surface area contributed by atoms with Crippen molar-refractivity contribution in [2.24, 2.45) is 5.73 Å². The minimum absolute atomic E-state index is 0.0991. The number of aromatic nitrogens is 1. The largest absolute Gasteiger partial charge is 0.436 e. The van der Waals surface area contributed by atoms with E-state index in [4.69, 9.17) is 21.8 Å². The molecule has 0 aliphatic carbocycles. The number of nitrogens with two attached hydrogens (primary N) is 1. The predicted molar refractivity (Wildman–Crippen MR) is 82.0 cm³/mol. The first kappa shape index (κ1) is 14.5. The maximum atomic E-state index is 13.9. The van der Waals surface area contributed by atoms with Crippen LogP contribution < -0.4 is 5.73 Å². The number of carbonyl (C=O) groups excluding carboxylic acids is 1. The van der Waals surface area contributed by atoms with Crippen molar-refractivity contribution in [3.05, 3.63) is 52.8 Å². The number of rotatable bonds is 3. The summed E-state index contributed by atoms with van der Waals surface area (Å²) in [7, 11) is 0. The van der Waals surface area contributed by atoms with Crippen LogP contribution in [-0.4, -0.2) is 10.9 Å². The monoisotopic (exact) mass is 318 g/mol. The molecule has 0 radical (unpaired) electrons. The molecule has 0 bridgehead atoms. The van der Waals surface area contributed by atoms with E-state index in [0.29, 0.717) is 11.1 Å². The van der Waals surface area contributed by atoms with Gasteiger partial charge in [-0.2, -0.15) is 0 Å². The molecule has 22 heavy (non-hydrogen) atoms. The molecule has 2 aromatic carbocycles. The number of hydrogen-bond acceptors (Lipinski definition) is 3. The van der Waals surface area contributed by atoms with Crippen LogP contribution in [0.4, 0.5) is 4.39 Å². The lowest BCUT2D eigenvalue weighted by Crippen LogP contribution is -2.18. The van der Waals surface area contributed by atoms with Crippen LogP contribution >= 0.6 is 11.6 Å². The summed E-state index contributed by atoms with van der Waals surface area (Å²) in [6.45, 7) is 1.71. The van der Waals surface area contributed by atoms with Gasteiger partial charge in [-0.05, 0) is 36.8 Å². The normalized spacial score (nSPS) is 12.5. The van der Waals surface area contributed by atoms with Crippen LogP contribution in [0.25, 0.3) is 22.6 Å². The van der Waals surface area contributed by atoms with Gasteiger partial charge in [0.15, 0.2) is 5.58 Å². The standard InChI is InChI=1S/C16H12ClFN2O2/c1-8(15(19)21)9-5-6-13-12(7-9)20-16(22-13)14-10(17)3-2-4-11(14)18/h2-8H,1H3,(H2,19,21). The highest BCUT2D eigenvalue weighted by Gasteiger charge is 2.18. The highest BCUT2D eigenvalue weighted by molar-refractivity contribution is 6.33. The van der Waals surface area contributed by atoms with E-state index in [1.54, 1.807) is 31.2 Å². The van der Waals surface area contributed by atoms with E-state index in [1.807, 2.05) is 0 Å². The van der Waals surface area contributed by atoms with Gasteiger partial charge in [-0.25, -0.2) is 9.37 Å². The summed E-state index contributed by atoms with van der Waals surface area (Å²) in [5.74, 6) is -1.28. The Bertz CT molecular complexity index is 855. The molecule has 1 atom stereocenters. The molecule has 4 nitrogen and oxygen atoms in total. The molecule has 3 rings (SSSR count). The third kappa shape index (κ3) is 2.44. The number of amides is 1. The van der Waals surface area contributed by atoms with Crippen LogP contribution in [0.5, 0.6) is 0 Å². The maximum Gasteiger partial charge on any atom is 0.231 e. The zero-order chi connectivity index (χ0) is 15.9. The molecule has 1 unspecified atom stereocenters. The average molecular weight is 319 g/mol. The predicted octanol–water partition coefficient (Wildman–Crippen LogP) is 3.88. The lowest BCUT2D eigenvalue weighted by atomic mass is 10.0. The van der Waals surface area contributed by atoms with E-state index in [-0.39, 0.29) is 16.5 Å². The molecular formula is C16H12ClFN2O2. The topological polar surface area (TPSA) is 69.1 Å². The number of fused-ring (bicyclic) bond motifs is 1. The number of nitrogens with zero attached hydrogens (tertiary/aromatic N) is 1. The van der Waals surface area contributed by atoms with Crippen molar-refractivity contribution in [1.82, 2.24) is 4.98 Å². The van der Waals surface area contributed by atoms with Crippen molar-refractivity contribution in [3.8, 4) is 11.5 Å². The van der Waals surface area contributed by atoms with Gasteiger partial charge in [0.25, 0.3) is 0 Å². The molecule has 2 N–H and O–H groups in total. The van der Waals surface area contributed by atoms with Gasteiger partial charge in [-0.1, -0.05) is 23.7 Å². The van der Waals surface area contributed by atoms with Crippen molar-refractivity contribution >= 4 is 28.6 Å². The third-order valence-electron chi connectivity index (χ3n) is 3.52. The molecule has 0 fully saturated rings. The minimum Gasteiger partial charge on any atom is -0.436 e. The summed E-state index contributed by atoms with van der Waals surface area (Å²) in [6.07, 6.45) is 0. The van der Waals surface area contributed by atoms with Gasteiger partial charge in [-0.15, -0.1) is 0 Å². The van der Waals surface area contributed by atoms with Crippen molar-refractivity contribution < 1.29 is 13.6 Å². The number of primary amides is 1. The molecule has 0 saturated carbocycles. The fourth-order valence-electron chi connectivity index (χ4n) is 2.19. The Hall–Kier alpha value is -2.40. The van der Waals surface area contributed by atoms with Crippen molar-refractivity contribution in [3.63, 3.8) is 0 Å². The summed E-state index contributed by atoms with van der Waals surface area (Å²) in [5.41, 5.74) is 7.13. The van der Waals surface area contributed by atoms with Gasteiger partial charge in [0, 0.05) is 0 Å². The Morgan fingerprint density at radius 2 is 2.14 bits per heavy atom. The lowest BCUT2D eigenvalue weighted by Gasteiger charge is -2.06. The van der Waals surface area contributed by atoms with Gasteiger partial charge in [0.1, 0.15) is 11.3 Å². The number of benzene rings is 2. The molecule has 0 spiro atoms. The van der Waals surface area contributed by atoms with E-state index in [9.17, 15) is 9.18 Å². The summed E-state index contributed by atoms with van der Waals surface area (Å²) < 4.78 is 19.5. The quantitative estimate of drug-likeness (QED) is 0.796. The number of carbonyl (C=O) groups is 1. The molecule has 112 valence electrons. The molecule has 0 aliphatic rings. The minimum atomic E-state index is -0.509. The fourth-order valence-corrected chi connectivity index (χ4v) is 2.43. The SMILES string of the molecule is CC(C(N)=O)c1ccc2oc(-c3c(F)cccc3Cl)nc2c1. The molecule has 6 heteroatoms. The summed E-state index contributed by atoms with van der Waals surface area (Å²) >= 11 is 6.01. The maximum absolute atomic E-state index is 13.9. The highest BCUT2D eigenvalue weighted by atomic mass is 35.5. The number of hydrogen-bond donors (Lipinski definition) is 1. The van der Waals surface area contributed by atoms with Crippen LogP contribution in [0, 0.1) is 5.82 Å². The Morgan fingerprint density at radius 1 is 1.36 bits per heavy atom. The zero-order valence-electron chi connectivity index (χ0n) is 11.6. The lowest BCUT2D eigenvalue weighted by molar-refractivity contribution is -0.119. The van der Waals surface area contributed by atoms with Crippen LogP contribution in [-0.2, 0) is 4.79 Å². The second-order valence-corrected chi connectivity index (χ2v) is 5.37. The van der Waals surface area contributed by atoms with Gasteiger partial charge in [0.2, 0.25) is 11.8 Å². The Balaban J connectivity index is 2.13. The van der Waals surface area contributed by atoms with Gasteiger partial charge in [-0.3, -0.25) is 4.79 Å². The van der Waals surface area contributed by atoms with Crippen molar-refractivity contribution in [1.29, 1.82) is 0 Å². The van der Waals surface area contributed by atoms with Gasteiger partial charge in [0.05, 0.1) is 16.5 Å². The third-order valence-corrected chi connectivity index (χ3v) is 3.83. The van der Waals surface area contributed by atoms with Crippen LogP contribution in [0.15, 0.2) is 40.8 Å². The molecule has 1 aromatic heterocycles. The summed E-state index contributed by atoms with van der Waals surface area (Å²) in [5, 5.41) is 0.220. The first-order valence-corrected chi connectivity index (χ1v) is 6.99. The summed E-state index contributed by atoms with van der Waals surface area (Å²) in [4.78, 5) is 15.5. The van der Waals surface area contributed by atoms with Crippen LogP contribution in [0.1, 0.15) is 18.4 Å². The molecule has 1 amide bonds. The van der Waals surface area contributed by atoms with E-state index >= 15 is 0 Å². The second kappa shape index (κ2) is 5.42. The van der Waals surface area contributed by atoms with Crippen LogP contribution in [0.2, 0.25) is 5.02 Å². The van der Waals surface area contributed by atoms with Crippen molar-refractivity contribution in [2.75, 3.05) is 0 Å². The Kier molecular flexibility index (Phi) is 3.58. The average Bonchev–Trinajstić information content (AvgIpc) is 2.88. The molecule has 0 saturated heterocycles. The first-order chi connectivity index (χ1) is 10.5. The van der Waals surface area contributed by atoms with E-state index in [0.717, 1.165) is 5.56 Å². The van der Waals surface area contributed by atoms with E-state index < -0.39 is 17.6 Å². The Morgan fingerprint density at radius 3 is 2.82 bits per heavy atom. The molecule has 3 aromatic rings. The van der Waals surface area contributed by atoms with E-state index in [2.05, 4.69) is 4.98 Å². The number of oxazole rings is 1. The van der Waals surface area contributed by atoms with Crippen molar-refractivity contribution in [2.45, 2.75) is 12.8 Å². The van der Waals surface area contributed by atoms with Crippen LogP contribution in [0.3, 0.4) is 0 Å². The fraction of sp³-hybridized carbons (Fsp3) is 0.125. The second-order valence-electron chi connectivity index (χ2n) is 4.97. The van der Waals surface area contributed by atoms with Gasteiger partial charge >= 0.3 is 0 Å². The van der Waals surface area contributed by atoms with Gasteiger partial charge < -0.3 is 10.2 Å². The highest BCUT2D eigenvalue weighted by Crippen LogP contribution is 2.32. The zero-order valence-corrected chi connectivity index (χ0v) is 12.4. The first-order valence-electron chi connectivity index (χ1n) is 6.61. The smallest absolute Gasteiger partial charge is 0.231 e. The number of halogens is 2. The molecule has 1 heterocycles. The van der Waals surface area contributed by atoms with E-state index in [1.165, 1.54) is 12.1 Å².